The van der Waals surface area contributed by atoms with Crippen LogP contribution in [0.25, 0.3) is 11.3 Å². The van der Waals surface area contributed by atoms with Crippen molar-refractivity contribution in [3.05, 3.63) is 93.9 Å². The molecule has 6 heteroatoms. The number of benzene rings is 3. The molecule has 0 amide bonds. The number of rotatable bonds is 7. The Bertz CT molecular complexity index is 1280. The summed E-state index contributed by atoms with van der Waals surface area (Å²) in [5, 5.41) is 2.08. The number of nitrogens with zero attached hydrogens (tertiary/aromatic N) is 2. The first-order valence-corrected chi connectivity index (χ1v) is 11.2. The molecule has 1 heterocycles. The molecule has 0 aliphatic carbocycles. The Kier molecular flexibility index (Phi) is 6.71. The summed E-state index contributed by atoms with van der Waals surface area (Å²) in [5.74, 6) is 1.18. The highest BCUT2D eigenvalue weighted by Gasteiger charge is 2.10. The standard InChI is InChI=1S/C26H25FN2O2S/c1-18-5-4-6-22(15-18)28-26-29(23(17-32-26)20-8-10-21(27)11-9-20)14-13-19-7-12-24(30-2)25(16-19)31-3/h4-12,15-17H,13-14H2,1-3H3. The number of halogens is 1. The Hall–Kier alpha value is -3.38. The van der Waals surface area contributed by atoms with Crippen LogP contribution in [0.3, 0.4) is 0 Å². The van der Waals surface area contributed by atoms with E-state index in [0.717, 1.165) is 40.3 Å². The van der Waals surface area contributed by atoms with Gasteiger partial charge >= 0.3 is 0 Å². The normalized spacial score (nSPS) is 11.6. The number of thiazole rings is 1. The van der Waals surface area contributed by atoms with Crippen molar-refractivity contribution in [3.63, 3.8) is 0 Å². The van der Waals surface area contributed by atoms with E-state index >= 15 is 0 Å². The Labute approximate surface area is 191 Å². The van der Waals surface area contributed by atoms with E-state index in [9.17, 15) is 4.39 Å². The van der Waals surface area contributed by atoms with Crippen molar-refractivity contribution in [2.24, 2.45) is 4.99 Å². The zero-order valence-electron chi connectivity index (χ0n) is 18.3. The van der Waals surface area contributed by atoms with Gasteiger partial charge in [-0.05, 0) is 78.6 Å². The highest BCUT2D eigenvalue weighted by Crippen LogP contribution is 2.28. The van der Waals surface area contributed by atoms with Gasteiger partial charge < -0.3 is 14.0 Å². The predicted octanol–water partition coefficient (Wildman–Crippen LogP) is 6.16. The number of aryl methyl sites for hydroxylation is 2. The lowest BCUT2D eigenvalue weighted by Gasteiger charge is -2.12. The van der Waals surface area contributed by atoms with Crippen molar-refractivity contribution in [1.82, 2.24) is 4.57 Å². The summed E-state index contributed by atoms with van der Waals surface area (Å²) < 4.78 is 26.5. The number of aromatic nitrogens is 1. The molecule has 0 aliphatic rings. The van der Waals surface area contributed by atoms with Crippen LogP contribution in [0.15, 0.2) is 77.1 Å². The molecule has 0 N–H and O–H groups in total. The van der Waals surface area contributed by atoms with Crippen LogP contribution in [-0.2, 0) is 13.0 Å². The van der Waals surface area contributed by atoms with Crippen molar-refractivity contribution >= 4 is 17.0 Å². The molecule has 1 aromatic heterocycles. The molecule has 0 fully saturated rings. The maximum atomic E-state index is 13.5. The van der Waals surface area contributed by atoms with Crippen LogP contribution in [-0.4, -0.2) is 18.8 Å². The summed E-state index contributed by atoms with van der Waals surface area (Å²) in [4.78, 5) is 5.80. The smallest absolute Gasteiger partial charge is 0.190 e. The molecule has 0 aliphatic heterocycles. The molecule has 0 unspecified atom stereocenters. The van der Waals surface area contributed by atoms with E-state index < -0.39 is 0 Å². The number of ether oxygens (including phenoxy) is 2. The Morgan fingerprint density at radius 1 is 0.938 bits per heavy atom. The molecule has 164 valence electrons. The van der Waals surface area contributed by atoms with Gasteiger partial charge in [-0.25, -0.2) is 9.38 Å². The predicted molar refractivity (Wildman–Crippen MR) is 127 cm³/mol. The van der Waals surface area contributed by atoms with E-state index in [1.165, 1.54) is 17.7 Å². The van der Waals surface area contributed by atoms with Gasteiger partial charge in [-0.2, -0.15) is 0 Å². The largest absolute Gasteiger partial charge is 0.493 e. The fourth-order valence-corrected chi connectivity index (χ4v) is 4.53. The Morgan fingerprint density at radius 2 is 1.72 bits per heavy atom. The minimum atomic E-state index is -0.245. The second kappa shape index (κ2) is 9.83. The molecular formula is C26H25FN2O2S. The lowest BCUT2D eigenvalue weighted by atomic mass is 10.1. The Balaban J connectivity index is 1.72. The van der Waals surface area contributed by atoms with Crippen molar-refractivity contribution < 1.29 is 13.9 Å². The highest BCUT2D eigenvalue weighted by molar-refractivity contribution is 7.07. The monoisotopic (exact) mass is 448 g/mol. The van der Waals surface area contributed by atoms with E-state index in [1.54, 1.807) is 37.7 Å². The fraction of sp³-hybridized carbons (Fsp3) is 0.192. The van der Waals surface area contributed by atoms with Crippen molar-refractivity contribution in [2.45, 2.75) is 19.9 Å². The molecule has 0 spiro atoms. The van der Waals surface area contributed by atoms with Gasteiger partial charge in [0.1, 0.15) is 5.82 Å². The topological polar surface area (TPSA) is 35.8 Å². The third kappa shape index (κ3) is 4.92. The van der Waals surface area contributed by atoms with E-state index in [2.05, 4.69) is 29.0 Å². The third-order valence-corrected chi connectivity index (χ3v) is 6.10. The molecule has 4 aromatic rings. The van der Waals surface area contributed by atoms with Gasteiger partial charge in [0.15, 0.2) is 16.3 Å². The maximum Gasteiger partial charge on any atom is 0.190 e. The summed E-state index contributed by atoms with van der Waals surface area (Å²) in [6, 6.07) is 20.7. The van der Waals surface area contributed by atoms with Gasteiger partial charge in [0.2, 0.25) is 0 Å². The molecule has 4 rings (SSSR count). The molecule has 0 bridgehead atoms. The summed E-state index contributed by atoms with van der Waals surface area (Å²) >= 11 is 1.58. The van der Waals surface area contributed by atoms with Crippen LogP contribution in [0.5, 0.6) is 11.5 Å². The average molecular weight is 449 g/mol. The van der Waals surface area contributed by atoms with Crippen LogP contribution in [0.1, 0.15) is 11.1 Å². The maximum absolute atomic E-state index is 13.5. The van der Waals surface area contributed by atoms with Crippen LogP contribution in [0.4, 0.5) is 10.1 Å². The van der Waals surface area contributed by atoms with E-state index in [0.29, 0.717) is 11.5 Å². The summed E-state index contributed by atoms with van der Waals surface area (Å²) in [7, 11) is 3.27. The molecule has 4 nitrogen and oxygen atoms in total. The molecule has 0 saturated heterocycles. The second-order valence-electron chi connectivity index (χ2n) is 7.45. The van der Waals surface area contributed by atoms with Crippen molar-refractivity contribution in [1.29, 1.82) is 0 Å². The Morgan fingerprint density at radius 3 is 2.44 bits per heavy atom. The van der Waals surface area contributed by atoms with Gasteiger partial charge in [-0.15, -0.1) is 11.3 Å². The number of methoxy groups -OCH3 is 2. The number of hydrogen-bond donors (Lipinski definition) is 0. The van der Waals surface area contributed by atoms with Gasteiger partial charge in [0, 0.05) is 11.9 Å². The summed E-state index contributed by atoms with van der Waals surface area (Å²) in [5.41, 5.74) is 5.19. The van der Waals surface area contributed by atoms with Crippen molar-refractivity contribution in [2.75, 3.05) is 14.2 Å². The average Bonchev–Trinajstić information content (AvgIpc) is 3.20. The minimum Gasteiger partial charge on any atom is -0.493 e. The van der Waals surface area contributed by atoms with E-state index in [4.69, 9.17) is 14.5 Å². The summed E-state index contributed by atoms with van der Waals surface area (Å²) in [6.07, 6.45) is 0.784. The fourth-order valence-electron chi connectivity index (χ4n) is 3.57. The third-order valence-electron chi connectivity index (χ3n) is 5.24. The SMILES string of the molecule is COc1ccc(CCn2c(-c3ccc(F)cc3)csc2=Nc2cccc(C)c2)cc1OC. The van der Waals surface area contributed by atoms with Crippen LogP contribution in [0.2, 0.25) is 0 Å². The quantitative estimate of drug-likeness (QED) is 0.340. The van der Waals surface area contributed by atoms with Crippen molar-refractivity contribution in [3.8, 4) is 22.8 Å². The van der Waals surface area contributed by atoms with E-state index in [1.807, 2.05) is 30.3 Å². The molecule has 0 radical (unpaired) electrons. The first-order chi connectivity index (χ1) is 15.6. The van der Waals surface area contributed by atoms with Gasteiger partial charge in [0.25, 0.3) is 0 Å². The first kappa shape index (κ1) is 21.8. The van der Waals surface area contributed by atoms with Crippen LogP contribution < -0.4 is 14.3 Å². The lowest BCUT2D eigenvalue weighted by Crippen LogP contribution is -2.17. The van der Waals surface area contributed by atoms with Crippen LogP contribution >= 0.6 is 11.3 Å². The lowest BCUT2D eigenvalue weighted by molar-refractivity contribution is 0.354. The van der Waals surface area contributed by atoms with Gasteiger partial charge in [-0.3, -0.25) is 0 Å². The minimum absolute atomic E-state index is 0.245. The zero-order valence-corrected chi connectivity index (χ0v) is 19.2. The molecule has 32 heavy (non-hydrogen) atoms. The molecular weight excluding hydrogens is 423 g/mol. The van der Waals surface area contributed by atoms with Crippen LogP contribution in [0, 0.1) is 12.7 Å². The molecule has 3 aromatic carbocycles. The molecule has 0 saturated carbocycles. The molecule has 0 atom stereocenters. The first-order valence-electron chi connectivity index (χ1n) is 10.3. The van der Waals surface area contributed by atoms with Gasteiger partial charge in [-0.1, -0.05) is 18.2 Å². The van der Waals surface area contributed by atoms with E-state index in [-0.39, 0.29) is 5.82 Å². The second-order valence-corrected chi connectivity index (χ2v) is 8.29. The van der Waals surface area contributed by atoms with Gasteiger partial charge in [0.05, 0.1) is 25.6 Å². The number of hydrogen-bond acceptors (Lipinski definition) is 4. The zero-order chi connectivity index (χ0) is 22.5. The highest BCUT2D eigenvalue weighted by atomic mass is 32.1. The summed E-state index contributed by atoms with van der Waals surface area (Å²) in [6.45, 7) is 2.78.